The smallest absolute Gasteiger partial charge is 0.231 e. The molecule has 0 aliphatic carbocycles. The highest BCUT2D eigenvalue weighted by Gasteiger charge is 2.22. The molecule has 4 heteroatoms. The van der Waals surface area contributed by atoms with Gasteiger partial charge in [-0.3, -0.25) is 0 Å². The summed E-state index contributed by atoms with van der Waals surface area (Å²) in [6.07, 6.45) is 0. The molecule has 102 valence electrons. The number of hydrogen-bond acceptors (Lipinski definition) is 4. The van der Waals surface area contributed by atoms with Crippen molar-refractivity contribution in [2.45, 2.75) is 13.0 Å². The molecular formula is C16H15NO3. The average Bonchev–Trinajstić information content (AvgIpc) is 2.94. The summed E-state index contributed by atoms with van der Waals surface area (Å²) in [7, 11) is 0. The molecule has 0 unspecified atom stereocenters. The summed E-state index contributed by atoms with van der Waals surface area (Å²) in [5, 5.41) is 3.51. The molecule has 0 amide bonds. The van der Waals surface area contributed by atoms with Gasteiger partial charge in [-0.2, -0.15) is 0 Å². The Balaban J connectivity index is 1.63. The molecule has 1 atom stereocenters. The van der Waals surface area contributed by atoms with Crippen molar-refractivity contribution in [1.82, 2.24) is 0 Å². The average molecular weight is 269 g/mol. The van der Waals surface area contributed by atoms with Gasteiger partial charge in [0.05, 0.1) is 11.7 Å². The minimum Gasteiger partial charge on any atom is -0.489 e. The van der Waals surface area contributed by atoms with Crippen molar-refractivity contribution in [2.24, 2.45) is 0 Å². The van der Waals surface area contributed by atoms with Crippen molar-refractivity contribution in [3.8, 4) is 17.2 Å². The van der Waals surface area contributed by atoms with Crippen LogP contribution in [0.25, 0.3) is 0 Å². The molecule has 0 radical (unpaired) electrons. The first-order valence-electron chi connectivity index (χ1n) is 6.69. The van der Waals surface area contributed by atoms with Crippen LogP contribution in [0.4, 0.5) is 5.69 Å². The molecule has 2 aromatic carbocycles. The lowest BCUT2D eigenvalue weighted by Crippen LogP contribution is -2.23. The molecule has 2 aliphatic rings. The molecular weight excluding hydrogens is 254 g/mol. The van der Waals surface area contributed by atoms with Crippen LogP contribution in [0.15, 0.2) is 36.4 Å². The number of nitrogens with one attached hydrogen (secondary N) is 1. The van der Waals surface area contributed by atoms with Gasteiger partial charge in [-0.15, -0.1) is 0 Å². The van der Waals surface area contributed by atoms with Gasteiger partial charge in [0.25, 0.3) is 0 Å². The summed E-state index contributed by atoms with van der Waals surface area (Å²) in [5.74, 6) is 2.53. The predicted molar refractivity (Wildman–Crippen MR) is 75.6 cm³/mol. The Morgan fingerprint density at radius 1 is 0.950 bits per heavy atom. The topological polar surface area (TPSA) is 39.7 Å². The Morgan fingerprint density at radius 3 is 2.80 bits per heavy atom. The molecule has 4 rings (SSSR count). The number of fused-ring (bicyclic) bond motifs is 2. The monoisotopic (exact) mass is 269 g/mol. The van der Waals surface area contributed by atoms with Gasteiger partial charge >= 0.3 is 0 Å². The predicted octanol–water partition coefficient (Wildman–Crippen LogP) is 3.27. The van der Waals surface area contributed by atoms with E-state index in [2.05, 4.69) is 30.4 Å². The van der Waals surface area contributed by atoms with Gasteiger partial charge in [-0.1, -0.05) is 12.1 Å². The molecule has 0 saturated carbocycles. The quantitative estimate of drug-likeness (QED) is 0.862. The Bertz CT molecular complexity index is 669. The van der Waals surface area contributed by atoms with E-state index in [0.29, 0.717) is 13.4 Å². The molecule has 0 saturated heterocycles. The van der Waals surface area contributed by atoms with Crippen LogP contribution >= 0.6 is 0 Å². The Kier molecular flexibility index (Phi) is 2.49. The third-order valence-corrected chi connectivity index (χ3v) is 3.67. The van der Waals surface area contributed by atoms with E-state index in [0.717, 1.165) is 28.5 Å². The minimum atomic E-state index is 0.125. The first-order valence-corrected chi connectivity index (χ1v) is 6.69. The molecule has 0 spiro atoms. The molecule has 1 N–H and O–H groups in total. The molecule has 20 heavy (non-hydrogen) atoms. The van der Waals surface area contributed by atoms with Gasteiger partial charge in [-0.25, -0.2) is 0 Å². The summed E-state index contributed by atoms with van der Waals surface area (Å²) < 4.78 is 16.6. The Labute approximate surface area is 117 Å². The lowest BCUT2D eigenvalue weighted by molar-refractivity contribution is 0.174. The van der Waals surface area contributed by atoms with Gasteiger partial charge in [0.2, 0.25) is 6.79 Å². The molecule has 4 nitrogen and oxygen atoms in total. The van der Waals surface area contributed by atoms with Crippen LogP contribution in [-0.4, -0.2) is 13.4 Å². The summed E-state index contributed by atoms with van der Waals surface area (Å²) in [4.78, 5) is 0. The molecule has 0 fully saturated rings. The third-order valence-electron chi connectivity index (χ3n) is 3.67. The first kappa shape index (κ1) is 11.5. The summed E-state index contributed by atoms with van der Waals surface area (Å²) in [6.45, 7) is 2.97. The number of anilines is 1. The lowest BCUT2D eigenvalue weighted by atomic mass is 10.0. The Morgan fingerprint density at radius 2 is 1.85 bits per heavy atom. The normalized spacial score (nSPS) is 18.9. The second kappa shape index (κ2) is 4.34. The third kappa shape index (κ3) is 1.84. The summed E-state index contributed by atoms with van der Waals surface area (Å²) in [5.41, 5.74) is 3.37. The van der Waals surface area contributed by atoms with Gasteiger partial charge < -0.3 is 19.5 Å². The van der Waals surface area contributed by atoms with E-state index in [1.165, 1.54) is 5.56 Å². The van der Waals surface area contributed by atoms with Crippen LogP contribution in [-0.2, 0) is 0 Å². The number of rotatable bonds is 1. The maximum atomic E-state index is 5.86. The number of benzene rings is 2. The van der Waals surface area contributed by atoms with E-state index in [1.807, 2.05) is 18.2 Å². The van der Waals surface area contributed by atoms with Gasteiger partial charge in [-0.05, 0) is 42.3 Å². The van der Waals surface area contributed by atoms with E-state index in [1.54, 1.807) is 0 Å². The Hall–Kier alpha value is -2.36. The number of aryl methyl sites for hydroxylation is 1. The first-order chi connectivity index (χ1) is 9.79. The SMILES string of the molecule is Cc1ccc2c(c1)OC[C@H](c1ccc3c(c1)OCO3)N2. The van der Waals surface area contributed by atoms with E-state index in [9.17, 15) is 0 Å². The van der Waals surface area contributed by atoms with Crippen LogP contribution in [0.2, 0.25) is 0 Å². The standard InChI is InChI=1S/C16H15NO3/c1-10-2-4-12-15(6-10)18-8-13(17-12)11-3-5-14-16(7-11)20-9-19-14/h2-7,13,17H,8-9H2,1H3/t13-/m1/s1. The van der Waals surface area contributed by atoms with Crippen molar-refractivity contribution in [3.05, 3.63) is 47.5 Å². The van der Waals surface area contributed by atoms with Crippen molar-refractivity contribution < 1.29 is 14.2 Å². The van der Waals surface area contributed by atoms with Crippen LogP contribution in [0.5, 0.6) is 17.2 Å². The lowest BCUT2D eigenvalue weighted by Gasteiger charge is -2.28. The zero-order chi connectivity index (χ0) is 13.5. The molecule has 2 aliphatic heterocycles. The highest BCUT2D eigenvalue weighted by atomic mass is 16.7. The van der Waals surface area contributed by atoms with E-state index in [-0.39, 0.29) is 6.04 Å². The highest BCUT2D eigenvalue weighted by Crippen LogP contribution is 2.38. The van der Waals surface area contributed by atoms with Gasteiger partial charge in [0.15, 0.2) is 11.5 Å². The second-order valence-corrected chi connectivity index (χ2v) is 5.12. The summed E-state index contributed by atoms with van der Waals surface area (Å²) >= 11 is 0. The molecule has 0 bridgehead atoms. The maximum absolute atomic E-state index is 5.86. The van der Waals surface area contributed by atoms with Crippen LogP contribution in [0.3, 0.4) is 0 Å². The fourth-order valence-electron chi connectivity index (χ4n) is 2.58. The van der Waals surface area contributed by atoms with Crippen molar-refractivity contribution >= 4 is 5.69 Å². The molecule has 0 aromatic heterocycles. The summed E-state index contributed by atoms with van der Waals surface area (Å²) in [6, 6.07) is 12.3. The van der Waals surface area contributed by atoms with Crippen LogP contribution < -0.4 is 19.5 Å². The second-order valence-electron chi connectivity index (χ2n) is 5.12. The van der Waals surface area contributed by atoms with Gasteiger partial charge in [0.1, 0.15) is 12.4 Å². The zero-order valence-corrected chi connectivity index (χ0v) is 11.2. The largest absolute Gasteiger partial charge is 0.489 e. The van der Waals surface area contributed by atoms with E-state index in [4.69, 9.17) is 14.2 Å². The van der Waals surface area contributed by atoms with Crippen molar-refractivity contribution in [3.63, 3.8) is 0 Å². The fourth-order valence-corrected chi connectivity index (χ4v) is 2.58. The number of ether oxygens (including phenoxy) is 3. The van der Waals surface area contributed by atoms with Crippen LogP contribution in [0, 0.1) is 6.92 Å². The number of hydrogen-bond donors (Lipinski definition) is 1. The van der Waals surface area contributed by atoms with E-state index >= 15 is 0 Å². The highest BCUT2D eigenvalue weighted by molar-refractivity contribution is 5.60. The fraction of sp³-hybridized carbons (Fsp3) is 0.250. The van der Waals surface area contributed by atoms with Crippen molar-refractivity contribution in [2.75, 3.05) is 18.7 Å². The minimum absolute atomic E-state index is 0.125. The van der Waals surface area contributed by atoms with E-state index < -0.39 is 0 Å². The molecule has 2 heterocycles. The van der Waals surface area contributed by atoms with Crippen LogP contribution in [0.1, 0.15) is 17.2 Å². The molecule has 2 aromatic rings. The van der Waals surface area contributed by atoms with Gasteiger partial charge in [0, 0.05) is 0 Å². The maximum Gasteiger partial charge on any atom is 0.231 e. The van der Waals surface area contributed by atoms with Crippen molar-refractivity contribution in [1.29, 1.82) is 0 Å². The zero-order valence-electron chi connectivity index (χ0n) is 11.2.